The van der Waals surface area contributed by atoms with Gasteiger partial charge in [-0.2, -0.15) is 0 Å². The molecule has 3 unspecified atom stereocenters. The third-order valence-corrected chi connectivity index (χ3v) is 4.35. The van der Waals surface area contributed by atoms with Crippen LogP contribution < -0.4 is 0 Å². The molecule has 1 fully saturated rings. The summed E-state index contributed by atoms with van der Waals surface area (Å²) in [7, 11) is 0. The minimum Gasteiger partial charge on any atom is -0.566 e. The van der Waals surface area contributed by atoms with Crippen LogP contribution in [0, 0.1) is 30.3 Å². The molecule has 4 nitrogen and oxygen atoms in total. The molecule has 5 heteroatoms. The van der Waals surface area contributed by atoms with E-state index >= 15 is 0 Å². The number of ether oxygens (including phenoxy) is 1. The van der Waals surface area contributed by atoms with Crippen LogP contribution in [0.25, 0.3) is 0 Å². The first-order valence-electron chi connectivity index (χ1n) is 7.49. The fourth-order valence-corrected chi connectivity index (χ4v) is 3.40. The van der Waals surface area contributed by atoms with Crippen LogP contribution in [0.2, 0.25) is 0 Å². The Hall–Kier alpha value is 0.944. The molecule has 0 aromatic heterocycles. The summed E-state index contributed by atoms with van der Waals surface area (Å²) in [4.78, 5) is 0. The van der Waals surface area contributed by atoms with E-state index in [1.807, 2.05) is 0 Å². The molecule has 1 aliphatic carbocycles. The first kappa shape index (κ1) is 23.2. The van der Waals surface area contributed by atoms with Crippen LogP contribution in [0.4, 0.5) is 0 Å². The van der Waals surface area contributed by atoms with Gasteiger partial charge in [0.25, 0.3) is 0 Å². The van der Waals surface area contributed by atoms with E-state index in [2.05, 4.69) is 20.8 Å². The van der Waals surface area contributed by atoms with E-state index in [0.29, 0.717) is 17.8 Å². The van der Waals surface area contributed by atoms with Crippen molar-refractivity contribution >= 4 is 0 Å². The Kier molecular flexibility index (Phi) is 17.3. The van der Waals surface area contributed by atoms with Crippen molar-refractivity contribution in [2.24, 2.45) is 23.7 Å². The van der Waals surface area contributed by atoms with Crippen LogP contribution in [-0.2, 0) is 37.4 Å². The van der Waals surface area contributed by atoms with E-state index in [1.54, 1.807) is 0 Å². The molecule has 1 rings (SSSR count). The molecule has 0 aliphatic heterocycles. The molecule has 4 atom stereocenters. The van der Waals surface area contributed by atoms with Gasteiger partial charge in [0.1, 0.15) is 0 Å². The zero-order chi connectivity index (χ0) is 14.7. The van der Waals surface area contributed by atoms with Crippen molar-refractivity contribution in [2.45, 2.75) is 52.9 Å². The van der Waals surface area contributed by atoms with Crippen molar-refractivity contribution in [3.63, 3.8) is 0 Å². The third-order valence-electron chi connectivity index (χ3n) is 4.35. The van der Waals surface area contributed by atoms with Crippen molar-refractivity contribution in [3.8, 4) is 0 Å². The maximum atomic E-state index is 9.28. The molecule has 20 heavy (non-hydrogen) atoms. The van der Waals surface area contributed by atoms with Crippen molar-refractivity contribution in [1.29, 1.82) is 0 Å². The Balaban J connectivity index is 0. The Labute approximate surface area is 149 Å². The molecule has 0 amide bonds. The molecule has 0 aromatic carbocycles. The zero-order valence-electron chi connectivity index (χ0n) is 13.2. The van der Waals surface area contributed by atoms with E-state index in [1.165, 1.54) is 38.7 Å². The van der Waals surface area contributed by atoms with Gasteiger partial charge in [-0.25, -0.2) is 6.61 Å². The fourth-order valence-electron chi connectivity index (χ4n) is 3.40. The summed E-state index contributed by atoms with van der Waals surface area (Å²) in [6.45, 7) is 9.54. The topological polar surface area (TPSA) is 69.9 Å². The second-order valence-corrected chi connectivity index (χ2v) is 5.48. The maximum Gasteiger partial charge on any atom is 0.0498 e. The van der Waals surface area contributed by atoms with Gasteiger partial charge in [-0.3, -0.25) is 10.5 Å². The van der Waals surface area contributed by atoms with E-state index in [0.717, 1.165) is 19.1 Å². The van der Waals surface area contributed by atoms with Crippen LogP contribution in [-0.4, -0.2) is 28.8 Å². The second-order valence-electron chi connectivity index (χ2n) is 5.48. The third kappa shape index (κ3) is 7.81. The summed E-state index contributed by atoms with van der Waals surface area (Å²) in [6, 6.07) is 0. The molecule has 1 radical (unpaired) electrons. The van der Waals surface area contributed by atoms with Crippen molar-refractivity contribution in [3.05, 3.63) is 6.61 Å². The van der Waals surface area contributed by atoms with Crippen molar-refractivity contribution in [2.75, 3.05) is 13.2 Å². The molecule has 0 spiro atoms. The van der Waals surface area contributed by atoms with Gasteiger partial charge in [0, 0.05) is 45.9 Å². The normalized spacial score (nSPS) is 27.0. The Morgan fingerprint density at radius 3 is 2.40 bits per heavy atom. The molecular formula is C15H31O4Y-. The van der Waals surface area contributed by atoms with E-state index in [4.69, 9.17) is 15.3 Å². The Morgan fingerprint density at radius 1 is 1.25 bits per heavy atom. The quantitative estimate of drug-likeness (QED) is 0.362. The maximum absolute atomic E-state index is 9.28. The summed E-state index contributed by atoms with van der Waals surface area (Å²) >= 11 is 0. The molecule has 0 aromatic rings. The predicted octanol–water partition coefficient (Wildman–Crippen LogP) is 4.04. The van der Waals surface area contributed by atoms with Crippen LogP contribution in [0.5, 0.6) is 0 Å². The number of rotatable bonds is 7. The van der Waals surface area contributed by atoms with Crippen molar-refractivity contribution in [1.82, 2.24) is 0 Å². The molecule has 0 saturated heterocycles. The Bertz CT molecular complexity index is 202. The standard InChI is InChI=1S/C15H29O2.H2O2.Y/c1-4-7-13-8-6-9-14(12(3)10-16)15(13)11-17-5-2;1-2;/h10,12-16H,4-9,11H2,1-3H3;1-2H;/q-1;;/t12?,13?,14-,15?;;/m0../s1. The summed E-state index contributed by atoms with van der Waals surface area (Å²) in [5, 5.41) is 21.3. The molecule has 119 valence electrons. The minimum absolute atomic E-state index is 0. The summed E-state index contributed by atoms with van der Waals surface area (Å²) < 4.78 is 5.68. The van der Waals surface area contributed by atoms with Gasteiger partial charge >= 0.3 is 0 Å². The van der Waals surface area contributed by atoms with Crippen LogP contribution in [0.3, 0.4) is 0 Å². The van der Waals surface area contributed by atoms with Gasteiger partial charge in [-0.1, -0.05) is 51.9 Å². The summed E-state index contributed by atoms with van der Waals surface area (Å²) in [6.07, 6.45) is 6.48. The molecule has 1 saturated carbocycles. The monoisotopic (exact) mass is 364 g/mol. The van der Waals surface area contributed by atoms with Gasteiger partial charge in [0.15, 0.2) is 0 Å². The van der Waals surface area contributed by atoms with Gasteiger partial charge in [-0.15, -0.1) is 5.92 Å². The molecule has 0 heterocycles. The molecular weight excluding hydrogens is 333 g/mol. The SMILES string of the molecule is CCCC1CCC[C@@H](C(C)[CH-]O)C1COCC.OO.[Y]. The number of hydrogen-bond donors (Lipinski definition) is 3. The number of hydrogen-bond acceptors (Lipinski definition) is 4. The smallest absolute Gasteiger partial charge is 0.0498 e. The van der Waals surface area contributed by atoms with E-state index in [9.17, 15) is 5.11 Å². The van der Waals surface area contributed by atoms with E-state index < -0.39 is 0 Å². The average molecular weight is 364 g/mol. The van der Waals surface area contributed by atoms with Crippen molar-refractivity contribution < 1.29 is 53.1 Å². The summed E-state index contributed by atoms with van der Waals surface area (Å²) in [5.41, 5.74) is 0. The molecule has 0 bridgehead atoms. The second kappa shape index (κ2) is 14.9. The van der Waals surface area contributed by atoms with Crippen LogP contribution in [0.15, 0.2) is 0 Å². The Morgan fingerprint density at radius 2 is 1.90 bits per heavy atom. The van der Waals surface area contributed by atoms with Gasteiger partial charge in [0.2, 0.25) is 0 Å². The molecule has 1 aliphatic rings. The number of aliphatic hydroxyl groups excluding tert-OH is 1. The fraction of sp³-hybridized carbons (Fsp3) is 0.933. The molecule has 3 N–H and O–H groups in total. The largest absolute Gasteiger partial charge is 0.566 e. The number of aliphatic hydroxyl groups is 1. The average Bonchev–Trinajstić information content (AvgIpc) is 2.47. The van der Waals surface area contributed by atoms with Crippen LogP contribution in [0.1, 0.15) is 52.9 Å². The first-order chi connectivity index (χ1) is 9.24. The van der Waals surface area contributed by atoms with Gasteiger partial charge < -0.3 is 9.84 Å². The van der Waals surface area contributed by atoms with Gasteiger partial charge in [0.05, 0.1) is 0 Å². The first-order valence-corrected chi connectivity index (χ1v) is 7.49. The van der Waals surface area contributed by atoms with E-state index in [-0.39, 0.29) is 32.7 Å². The minimum atomic E-state index is 0. The zero-order valence-corrected chi connectivity index (χ0v) is 16.0. The van der Waals surface area contributed by atoms with Crippen LogP contribution >= 0.6 is 0 Å². The summed E-state index contributed by atoms with van der Waals surface area (Å²) in [5.74, 6) is 2.35. The van der Waals surface area contributed by atoms with Gasteiger partial charge in [-0.05, 0) is 18.8 Å². The predicted molar refractivity (Wildman–Crippen MR) is 76.4 cm³/mol.